The van der Waals surface area contributed by atoms with Gasteiger partial charge in [0, 0.05) is 34.9 Å². The van der Waals surface area contributed by atoms with Crippen LogP contribution >= 0.6 is 12.4 Å². The van der Waals surface area contributed by atoms with E-state index in [-0.39, 0.29) is 23.9 Å². The van der Waals surface area contributed by atoms with Gasteiger partial charge in [-0.25, -0.2) is 0 Å². The van der Waals surface area contributed by atoms with E-state index in [0.717, 1.165) is 18.4 Å². The molecule has 120 valence electrons. The van der Waals surface area contributed by atoms with Crippen molar-refractivity contribution in [2.45, 2.75) is 38.0 Å². The standard InChI is InChI=1S/C15H24N2O2S.ClH/c1-4-15(5-2,11-16)17-14(18)13-8-6-7-12(9-13)10-20(3)19;/h6-9H,4-5,10-11,16H2,1-3H3,(H,17,18);1H. The average Bonchev–Trinajstić information content (AvgIpc) is 2.44. The molecule has 0 heterocycles. The molecule has 0 spiro atoms. The zero-order chi connectivity index (χ0) is 15.2. The molecule has 1 aromatic rings. The van der Waals surface area contributed by atoms with Gasteiger partial charge in [-0.3, -0.25) is 9.00 Å². The average molecular weight is 333 g/mol. The summed E-state index contributed by atoms with van der Waals surface area (Å²) in [5.74, 6) is 0.341. The van der Waals surface area contributed by atoms with E-state index in [9.17, 15) is 9.00 Å². The van der Waals surface area contributed by atoms with Crippen molar-refractivity contribution in [2.75, 3.05) is 12.8 Å². The number of amides is 1. The van der Waals surface area contributed by atoms with E-state index in [4.69, 9.17) is 5.73 Å². The highest BCUT2D eigenvalue weighted by Crippen LogP contribution is 2.15. The first kappa shape index (κ1) is 20.1. The van der Waals surface area contributed by atoms with Gasteiger partial charge in [0.05, 0.1) is 5.54 Å². The third-order valence-electron chi connectivity index (χ3n) is 3.68. The van der Waals surface area contributed by atoms with Crippen LogP contribution in [0.15, 0.2) is 24.3 Å². The Morgan fingerprint density at radius 1 is 1.33 bits per heavy atom. The number of halogens is 1. The fraction of sp³-hybridized carbons (Fsp3) is 0.533. The molecule has 0 aliphatic carbocycles. The van der Waals surface area contributed by atoms with Gasteiger partial charge in [0.25, 0.3) is 5.91 Å². The minimum atomic E-state index is -0.914. The SMILES string of the molecule is CCC(CC)(CN)NC(=O)c1cccc(CS(C)=O)c1.Cl. The van der Waals surface area contributed by atoms with Crippen LogP contribution in [0.4, 0.5) is 0 Å². The fourth-order valence-corrected chi connectivity index (χ4v) is 2.77. The third kappa shape index (κ3) is 5.77. The van der Waals surface area contributed by atoms with Crippen LogP contribution in [-0.2, 0) is 16.6 Å². The second-order valence-corrected chi connectivity index (χ2v) is 6.50. The summed E-state index contributed by atoms with van der Waals surface area (Å²) in [4.78, 5) is 12.3. The molecule has 1 rings (SSSR count). The Morgan fingerprint density at radius 3 is 2.43 bits per heavy atom. The molecule has 1 unspecified atom stereocenters. The van der Waals surface area contributed by atoms with E-state index in [2.05, 4.69) is 5.32 Å². The van der Waals surface area contributed by atoms with Crippen LogP contribution in [0.3, 0.4) is 0 Å². The summed E-state index contributed by atoms with van der Waals surface area (Å²) in [7, 11) is -0.914. The largest absolute Gasteiger partial charge is 0.345 e. The maximum absolute atomic E-state index is 12.3. The van der Waals surface area contributed by atoms with E-state index >= 15 is 0 Å². The number of carbonyl (C=O) groups excluding carboxylic acids is 1. The van der Waals surface area contributed by atoms with Crippen molar-refractivity contribution in [3.05, 3.63) is 35.4 Å². The fourth-order valence-electron chi connectivity index (χ4n) is 2.12. The minimum Gasteiger partial charge on any atom is -0.345 e. The molecule has 1 aromatic carbocycles. The molecule has 0 aliphatic rings. The van der Waals surface area contributed by atoms with Gasteiger partial charge in [-0.05, 0) is 30.5 Å². The summed E-state index contributed by atoms with van der Waals surface area (Å²) >= 11 is 0. The second-order valence-electron chi connectivity index (χ2n) is 5.06. The topological polar surface area (TPSA) is 72.2 Å². The summed E-state index contributed by atoms with van der Waals surface area (Å²) in [6.07, 6.45) is 3.25. The number of nitrogens with one attached hydrogen (secondary N) is 1. The molecule has 1 amide bonds. The number of hydrogen-bond donors (Lipinski definition) is 2. The van der Waals surface area contributed by atoms with Crippen LogP contribution in [-0.4, -0.2) is 28.5 Å². The maximum atomic E-state index is 12.3. The Bertz CT molecular complexity index is 482. The van der Waals surface area contributed by atoms with Gasteiger partial charge in [-0.15, -0.1) is 12.4 Å². The molecular formula is C15H25ClN2O2S. The van der Waals surface area contributed by atoms with E-state index in [1.165, 1.54) is 0 Å². The van der Waals surface area contributed by atoms with Gasteiger partial charge in [0.1, 0.15) is 0 Å². The molecule has 0 aliphatic heterocycles. The first-order valence-corrected chi connectivity index (χ1v) is 8.60. The monoisotopic (exact) mass is 332 g/mol. The molecule has 0 saturated carbocycles. The molecule has 0 aromatic heterocycles. The van der Waals surface area contributed by atoms with Crippen molar-refractivity contribution in [3.8, 4) is 0 Å². The van der Waals surface area contributed by atoms with Gasteiger partial charge in [0.2, 0.25) is 0 Å². The Kier molecular flexibility index (Phi) is 8.78. The summed E-state index contributed by atoms with van der Waals surface area (Å²) in [5, 5.41) is 3.04. The third-order valence-corrected chi connectivity index (χ3v) is 4.42. The van der Waals surface area contributed by atoms with Crippen LogP contribution in [0.1, 0.15) is 42.6 Å². The normalized spacial score (nSPS) is 12.4. The highest BCUT2D eigenvalue weighted by Gasteiger charge is 2.26. The van der Waals surface area contributed by atoms with Crippen molar-refractivity contribution in [2.24, 2.45) is 5.73 Å². The van der Waals surface area contributed by atoms with Crippen LogP contribution in [0, 0.1) is 0 Å². The van der Waals surface area contributed by atoms with E-state index in [0.29, 0.717) is 17.9 Å². The number of rotatable bonds is 7. The molecule has 0 bridgehead atoms. The predicted molar refractivity (Wildman–Crippen MR) is 91.3 cm³/mol. The smallest absolute Gasteiger partial charge is 0.251 e. The zero-order valence-corrected chi connectivity index (χ0v) is 14.5. The Morgan fingerprint density at radius 2 is 1.95 bits per heavy atom. The van der Waals surface area contributed by atoms with E-state index in [1.807, 2.05) is 26.0 Å². The zero-order valence-electron chi connectivity index (χ0n) is 12.8. The Labute approximate surface area is 135 Å². The molecule has 6 heteroatoms. The number of benzene rings is 1. The lowest BCUT2D eigenvalue weighted by molar-refractivity contribution is 0.0895. The predicted octanol–water partition coefficient (Wildman–Crippen LogP) is 2.23. The van der Waals surface area contributed by atoms with Crippen molar-refractivity contribution < 1.29 is 9.00 Å². The minimum absolute atomic E-state index is 0. The lowest BCUT2D eigenvalue weighted by Gasteiger charge is -2.31. The first-order valence-electron chi connectivity index (χ1n) is 6.88. The second kappa shape index (κ2) is 9.18. The van der Waals surface area contributed by atoms with Gasteiger partial charge in [-0.2, -0.15) is 0 Å². The molecule has 1 atom stereocenters. The van der Waals surface area contributed by atoms with Crippen LogP contribution in [0.5, 0.6) is 0 Å². The summed E-state index contributed by atoms with van der Waals surface area (Å²) < 4.78 is 11.3. The number of nitrogens with two attached hydrogens (primary N) is 1. The molecule has 0 fully saturated rings. The van der Waals surface area contributed by atoms with Crippen molar-refractivity contribution in [3.63, 3.8) is 0 Å². The molecule has 3 N–H and O–H groups in total. The number of carbonyl (C=O) groups is 1. The molecule has 0 radical (unpaired) electrons. The van der Waals surface area contributed by atoms with Gasteiger partial charge in [0.15, 0.2) is 0 Å². The molecule has 4 nitrogen and oxygen atoms in total. The Hall–Kier alpha value is -0.910. The van der Waals surface area contributed by atoms with Crippen LogP contribution < -0.4 is 11.1 Å². The summed E-state index contributed by atoms with van der Waals surface area (Å²) in [6.45, 7) is 4.46. The lowest BCUT2D eigenvalue weighted by atomic mass is 9.92. The Balaban J connectivity index is 0.00000400. The summed E-state index contributed by atoms with van der Waals surface area (Å²) in [6, 6.07) is 7.26. The van der Waals surface area contributed by atoms with E-state index < -0.39 is 10.8 Å². The number of hydrogen-bond acceptors (Lipinski definition) is 3. The molecular weight excluding hydrogens is 308 g/mol. The highest BCUT2D eigenvalue weighted by atomic mass is 35.5. The summed E-state index contributed by atoms with van der Waals surface area (Å²) in [5.41, 5.74) is 6.95. The quantitative estimate of drug-likeness (QED) is 0.804. The van der Waals surface area contributed by atoms with Crippen molar-refractivity contribution in [1.29, 1.82) is 0 Å². The molecule has 0 saturated heterocycles. The maximum Gasteiger partial charge on any atom is 0.251 e. The van der Waals surface area contributed by atoms with Gasteiger partial charge in [-0.1, -0.05) is 26.0 Å². The van der Waals surface area contributed by atoms with Gasteiger partial charge >= 0.3 is 0 Å². The van der Waals surface area contributed by atoms with Crippen LogP contribution in [0.25, 0.3) is 0 Å². The van der Waals surface area contributed by atoms with Crippen molar-refractivity contribution >= 4 is 29.1 Å². The van der Waals surface area contributed by atoms with Crippen molar-refractivity contribution in [1.82, 2.24) is 5.32 Å². The first-order chi connectivity index (χ1) is 9.46. The van der Waals surface area contributed by atoms with Crippen LogP contribution in [0.2, 0.25) is 0 Å². The highest BCUT2D eigenvalue weighted by molar-refractivity contribution is 7.83. The lowest BCUT2D eigenvalue weighted by Crippen LogP contribution is -2.52. The van der Waals surface area contributed by atoms with E-state index in [1.54, 1.807) is 18.4 Å². The van der Waals surface area contributed by atoms with Gasteiger partial charge < -0.3 is 11.1 Å². The molecule has 21 heavy (non-hydrogen) atoms.